The van der Waals surface area contributed by atoms with Gasteiger partial charge >= 0.3 is 0 Å². The number of nitrogens with zero attached hydrogens (tertiary/aromatic N) is 2. The molecule has 0 aromatic heterocycles. The van der Waals surface area contributed by atoms with Crippen LogP contribution in [0.25, 0.3) is 0 Å². The van der Waals surface area contributed by atoms with Crippen LogP contribution in [-0.4, -0.2) is 62.9 Å². The Labute approximate surface area is 165 Å². The van der Waals surface area contributed by atoms with Crippen LogP contribution in [0.15, 0.2) is 59.5 Å². The van der Waals surface area contributed by atoms with E-state index in [4.69, 9.17) is 9.47 Å². The first kappa shape index (κ1) is 20.2. The van der Waals surface area contributed by atoms with Gasteiger partial charge < -0.3 is 14.4 Å². The minimum Gasteiger partial charge on any atom is -0.493 e. The third kappa shape index (κ3) is 4.28. The van der Waals surface area contributed by atoms with Crippen molar-refractivity contribution in [2.45, 2.75) is 17.9 Å². The number of rotatable bonds is 6. The molecular weight excluding hydrogens is 380 g/mol. The highest BCUT2D eigenvalue weighted by Gasteiger charge is 2.32. The summed E-state index contributed by atoms with van der Waals surface area (Å²) in [4.78, 5) is 14.6. The Morgan fingerprint density at radius 2 is 1.50 bits per heavy atom. The van der Waals surface area contributed by atoms with E-state index in [1.807, 2.05) is 12.1 Å². The summed E-state index contributed by atoms with van der Waals surface area (Å²) < 4.78 is 37.8. The van der Waals surface area contributed by atoms with Crippen LogP contribution in [0.1, 0.15) is 6.92 Å². The van der Waals surface area contributed by atoms with E-state index in [0.717, 1.165) is 0 Å². The molecule has 0 radical (unpaired) electrons. The molecule has 1 heterocycles. The Balaban J connectivity index is 1.60. The van der Waals surface area contributed by atoms with Gasteiger partial charge in [0.2, 0.25) is 10.0 Å². The van der Waals surface area contributed by atoms with Crippen LogP contribution in [0.3, 0.4) is 0 Å². The number of amides is 1. The molecule has 1 aliphatic heterocycles. The summed E-state index contributed by atoms with van der Waals surface area (Å²) in [7, 11) is -2.00. The van der Waals surface area contributed by atoms with Crippen LogP contribution < -0.4 is 9.47 Å². The van der Waals surface area contributed by atoms with Crippen LogP contribution in [0.4, 0.5) is 0 Å². The maximum absolute atomic E-state index is 12.7. The number of methoxy groups -OCH3 is 1. The zero-order valence-electron chi connectivity index (χ0n) is 15.9. The number of carbonyl (C=O) groups excluding carboxylic acids is 1. The van der Waals surface area contributed by atoms with Crippen molar-refractivity contribution in [1.82, 2.24) is 9.21 Å². The predicted molar refractivity (Wildman–Crippen MR) is 105 cm³/mol. The molecule has 1 unspecified atom stereocenters. The standard InChI is InChI=1S/C20H24N2O5S/c1-16(27-19-11-7-6-10-18(19)26-2)20(23)21-12-14-22(15-13-21)28(24,25)17-8-4-3-5-9-17/h3-11,16H,12-15H2,1-2H3. The Bertz CT molecular complexity index is 909. The largest absolute Gasteiger partial charge is 0.493 e. The van der Waals surface area contributed by atoms with E-state index >= 15 is 0 Å². The number of para-hydroxylation sites is 2. The molecule has 1 aliphatic rings. The molecule has 1 fully saturated rings. The van der Waals surface area contributed by atoms with E-state index in [0.29, 0.717) is 24.6 Å². The van der Waals surface area contributed by atoms with Gasteiger partial charge in [-0.05, 0) is 31.2 Å². The second-order valence-corrected chi connectivity index (χ2v) is 8.39. The fourth-order valence-corrected chi connectivity index (χ4v) is 4.55. The van der Waals surface area contributed by atoms with E-state index in [9.17, 15) is 13.2 Å². The summed E-state index contributed by atoms with van der Waals surface area (Å²) in [5.41, 5.74) is 0. The van der Waals surface area contributed by atoms with Crippen molar-refractivity contribution >= 4 is 15.9 Å². The summed E-state index contributed by atoms with van der Waals surface area (Å²) >= 11 is 0. The Kier molecular flexibility index (Phi) is 6.21. The molecule has 0 aliphatic carbocycles. The van der Waals surface area contributed by atoms with E-state index in [-0.39, 0.29) is 23.9 Å². The van der Waals surface area contributed by atoms with Crippen LogP contribution >= 0.6 is 0 Å². The number of ether oxygens (including phenoxy) is 2. The van der Waals surface area contributed by atoms with Crippen LogP contribution in [0.5, 0.6) is 11.5 Å². The first-order chi connectivity index (χ1) is 13.4. The van der Waals surface area contributed by atoms with E-state index in [2.05, 4.69) is 0 Å². The van der Waals surface area contributed by atoms with Gasteiger partial charge in [0.15, 0.2) is 17.6 Å². The van der Waals surface area contributed by atoms with Crippen molar-refractivity contribution in [2.24, 2.45) is 0 Å². The lowest BCUT2D eigenvalue weighted by Crippen LogP contribution is -2.53. The monoisotopic (exact) mass is 404 g/mol. The molecule has 0 spiro atoms. The number of carbonyl (C=O) groups is 1. The number of hydrogen-bond donors (Lipinski definition) is 0. The van der Waals surface area contributed by atoms with Gasteiger partial charge in [0.25, 0.3) is 5.91 Å². The number of hydrogen-bond acceptors (Lipinski definition) is 5. The van der Waals surface area contributed by atoms with Crippen molar-refractivity contribution in [3.8, 4) is 11.5 Å². The fourth-order valence-electron chi connectivity index (χ4n) is 3.10. The van der Waals surface area contributed by atoms with Gasteiger partial charge in [-0.15, -0.1) is 0 Å². The summed E-state index contributed by atoms with van der Waals surface area (Å²) in [5, 5.41) is 0. The van der Waals surface area contributed by atoms with E-state index < -0.39 is 16.1 Å². The van der Waals surface area contributed by atoms with E-state index in [1.54, 1.807) is 61.4 Å². The molecule has 0 bridgehead atoms. The highest BCUT2D eigenvalue weighted by Crippen LogP contribution is 2.27. The van der Waals surface area contributed by atoms with Crippen molar-refractivity contribution in [2.75, 3.05) is 33.3 Å². The average molecular weight is 404 g/mol. The van der Waals surface area contributed by atoms with Gasteiger partial charge in [0.05, 0.1) is 12.0 Å². The average Bonchev–Trinajstić information content (AvgIpc) is 2.74. The lowest BCUT2D eigenvalue weighted by Gasteiger charge is -2.35. The van der Waals surface area contributed by atoms with Crippen LogP contribution in [-0.2, 0) is 14.8 Å². The molecule has 1 atom stereocenters. The molecule has 2 aromatic rings. The minimum absolute atomic E-state index is 0.178. The summed E-state index contributed by atoms with van der Waals surface area (Å²) in [6, 6.07) is 15.5. The van der Waals surface area contributed by atoms with Gasteiger partial charge in [-0.25, -0.2) is 8.42 Å². The second-order valence-electron chi connectivity index (χ2n) is 6.45. The first-order valence-electron chi connectivity index (χ1n) is 9.07. The Morgan fingerprint density at radius 1 is 0.929 bits per heavy atom. The van der Waals surface area contributed by atoms with Gasteiger partial charge in [-0.2, -0.15) is 4.31 Å². The summed E-state index contributed by atoms with van der Waals surface area (Å²) in [6.07, 6.45) is -0.700. The van der Waals surface area contributed by atoms with Gasteiger partial charge in [-0.3, -0.25) is 4.79 Å². The van der Waals surface area contributed by atoms with Crippen molar-refractivity contribution in [3.05, 3.63) is 54.6 Å². The quantitative estimate of drug-likeness (QED) is 0.736. The Morgan fingerprint density at radius 3 is 2.11 bits per heavy atom. The van der Waals surface area contributed by atoms with Crippen molar-refractivity contribution in [3.63, 3.8) is 0 Å². The molecule has 7 nitrogen and oxygen atoms in total. The second kappa shape index (κ2) is 8.62. The van der Waals surface area contributed by atoms with Gasteiger partial charge in [0, 0.05) is 26.2 Å². The summed E-state index contributed by atoms with van der Waals surface area (Å²) in [6.45, 7) is 2.84. The maximum Gasteiger partial charge on any atom is 0.263 e. The molecule has 3 rings (SSSR count). The van der Waals surface area contributed by atoms with E-state index in [1.165, 1.54) is 4.31 Å². The molecule has 0 saturated carbocycles. The molecule has 8 heteroatoms. The lowest BCUT2D eigenvalue weighted by atomic mass is 10.2. The van der Waals surface area contributed by atoms with Crippen LogP contribution in [0, 0.1) is 0 Å². The number of sulfonamides is 1. The predicted octanol–water partition coefficient (Wildman–Crippen LogP) is 2.00. The summed E-state index contributed by atoms with van der Waals surface area (Å²) in [5.74, 6) is 0.875. The number of piperazine rings is 1. The zero-order valence-corrected chi connectivity index (χ0v) is 16.8. The molecular formula is C20H24N2O5S. The highest BCUT2D eigenvalue weighted by atomic mass is 32.2. The number of benzene rings is 2. The third-order valence-corrected chi connectivity index (χ3v) is 6.56. The zero-order chi connectivity index (χ0) is 20.1. The maximum atomic E-state index is 12.7. The molecule has 28 heavy (non-hydrogen) atoms. The first-order valence-corrected chi connectivity index (χ1v) is 10.5. The molecule has 1 saturated heterocycles. The SMILES string of the molecule is COc1ccccc1OC(C)C(=O)N1CCN(S(=O)(=O)c2ccccc2)CC1. The van der Waals surface area contributed by atoms with Gasteiger partial charge in [0.1, 0.15) is 0 Å². The highest BCUT2D eigenvalue weighted by molar-refractivity contribution is 7.89. The molecule has 150 valence electrons. The van der Waals surface area contributed by atoms with Crippen molar-refractivity contribution < 1.29 is 22.7 Å². The molecule has 2 aromatic carbocycles. The minimum atomic E-state index is -3.54. The third-order valence-electron chi connectivity index (χ3n) is 4.65. The molecule has 1 amide bonds. The van der Waals surface area contributed by atoms with Gasteiger partial charge in [-0.1, -0.05) is 30.3 Å². The topological polar surface area (TPSA) is 76.2 Å². The van der Waals surface area contributed by atoms with Crippen LogP contribution in [0.2, 0.25) is 0 Å². The smallest absolute Gasteiger partial charge is 0.263 e. The Hall–Kier alpha value is -2.58. The normalized spacial score (nSPS) is 16.4. The lowest BCUT2D eigenvalue weighted by molar-refractivity contribution is -0.139. The fraction of sp³-hybridized carbons (Fsp3) is 0.350. The molecule has 0 N–H and O–H groups in total. The van der Waals surface area contributed by atoms with Crippen molar-refractivity contribution in [1.29, 1.82) is 0 Å².